The molecule has 0 aromatic carbocycles. The molecule has 1 aliphatic carbocycles. The summed E-state index contributed by atoms with van der Waals surface area (Å²) >= 11 is 1.74. The van der Waals surface area contributed by atoms with E-state index in [1.165, 1.54) is 11.3 Å². The van der Waals surface area contributed by atoms with E-state index in [1.807, 2.05) is 7.05 Å². The highest BCUT2D eigenvalue weighted by Gasteiger charge is 2.36. The first-order valence-corrected chi connectivity index (χ1v) is 8.28. The van der Waals surface area contributed by atoms with Crippen molar-refractivity contribution in [3.63, 3.8) is 0 Å². The number of aromatic nitrogens is 2. The van der Waals surface area contributed by atoms with Gasteiger partial charge in [0.15, 0.2) is 0 Å². The van der Waals surface area contributed by atoms with E-state index in [0.717, 1.165) is 41.8 Å². The monoisotopic (exact) mass is 306 g/mol. The second-order valence-electron chi connectivity index (χ2n) is 5.53. The molecule has 0 unspecified atom stereocenters. The van der Waals surface area contributed by atoms with Crippen molar-refractivity contribution < 1.29 is 4.74 Å². The lowest BCUT2D eigenvalue weighted by molar-refractivity contribution is -0.0601. The van der Waals surface area contributed by atoms with Crippen LogP contribution in [0, 0.1) is 0 Å². The molecule has 0 aliphatic heterocycles. The van der Waals surface area contributed by atoms with Crippen molar-refractivity contribution in [3.05, 3.63) is 10.9 Å². The number of methoxy groups -OCH3 is 1. The highest BCUT2D eigenvalue weighted by atomic mass is 32.1. The maximum absolute atomic E-state index is 5.67. The summed E-state index contributed by atoms with van der Waals surface area (Å²) in [6, 6.07) is 2.20. The Morgan fingerprint density at radius 3 is 2.76 bits per heavy atom. The third-order valence-corrected chi connectivity index (χ3v) is 5.46. The number of nitrogens with one attached hydrogen (secondary N) is 2. The van der Waals surface area contributed by atoms with Crippen LogP contribution in [-0.2, 0) is 11.2 Å². The normalized spacial score (nSPS) is 16.7. The quantitative estimate of drug-likeness (QED) is 0.857. The summed E-state index contributed by atoms with van der Waals surface area (Å²) in [7, 11) is 3.65. The molecule has 0 saturated heterocycles. The zero-order chi connectivity index (χ0) is 14.9. The molecule has 2 aromatic rings. The van der Waals surface area contributed by atoms with Gasteiger partial charge in [0.1, 0.15) is 10.6 Å². The van der Waals surface area contributed by atoms with Gasteiger partial charge in [-0.25, -0.2) is 4.98 Å². The Balaban J connectivity index is 1.90. The van der Waals surface area contributed by atoms with Crippen LogP contribution in [0.4, 0.5) is 11.8 Å². The minimum atomic E-state index is -0.0132. The molecule has 3 rings (SSSR count). The number of fused-ring (bicyclic) bond motifs is 1. The van der Waals surface area contributed by atoms with Crippen LogP contribution in [0.5, 0.6) is 0 Å². The lowest BCUT2D eigenvalue weighted by Crippen LogP contribution is -2.45. The standard InChI is InChI=1S/C15H22N4OS/c1-4-10-8-11-12(17-9-15(20-3)6-5-7-15)18-14(16-2)19-13(11)21-10/h8H,4-7,9H2,1-3H3,(H2,16,17,18,19). The van der Waals surface area contributed by atoms with Crippen LogP contribution in [0.2, 0.25) is 0 Å². The van der Waals surface area contributed by atoms with Crippen molar-refractivity contribution in [3.8, 4) is 0 Å². The van der Waals surface area contributed by atoms with Crippen molar-refractivity contribution in [2.45, 2.75) is 38.2 Å². The van der Waals surface area contributed by atoms with Crippen molar-refractivity contribution >= 4 is 33.3 Å². The fourth-order valence-electron chi connectivity index (χ4n) is 2.66. The largest absolute Gasteiger partial charge is 0.376 e. The van der Waals surface area contributed by atoms with Crippen LogP contribution in [-0.4, -0.2) is 36.3 Å². The Bertz CT molecular complexity index is 630. The zero-order valence-corrected chi connectivity index (χ0v) is 13.6. The molecule has 114 valence electrons. The van der Waals surface area contributed by atoms with Gasteiger partial charge in [-0.1, -0.05) is 6.92 Å². The van der Waals surface area contributed by atoms with E-state index in [-0.39, 0.29) is 5.60 Å². The SMILES string of the molecule is CCc1cc2c(NCC3(OC)CCC3)nc(NC)nc2s1. The van der Waals surface area contributed by atoms with E-state index in [1.54, 1.807) is 18.4 Å². The molecule has 2 heterocycles. The average molecular weight is 306 g/mol. The lowest BCUT2D eigenvalue weighted by Gasteiger charge is -2.40. The molecule has 21 heavy (non-hydrogen) atoms. The first-order valence-electron chi connectivity index (χ1n) is 7.47. The van der Waals surface area contributed by atoms with Crippen LogP contribution >= 0.6 is 11.3 Å². The summed E-state index contributed by atoms with van der Waals surface area (Å²) in [4.78, 5) is 11.5. The molecule has 0 radical (unpaired) electrons. The van der Waals surface area contributed by atoms with E-state index in [4.69, 9.17) is 4.74 Å². The van der Waals surface area contributed by atoms with Gasteiger partial charge < -0.3 is 15.4 Å². The van der Waals surface area contributed by atoms with Crippen molar-refractivity contribution in [1.82, 2.24) is 9.97 Å². The van der Waals surface area contributed by atoms with Gasteiger partial charge in [-0.3, -0.25) is 0 Å². The Kier molecular flexibility index (Phi) is 3.99. The van der Waals surface area contributed by atoms with Gasteiger partial charge in [-0.15, -0.1) is 11.3 Å². The number of ether oxygens (including phenoxy) is 1. The highest BCUT2D eigenvalue weighted by molar-refractivity contribution is 7.18. The first-order chi connectivity index (χ1) is 10.2. The summed E-state index contributed by atoms with van der Waals surface area (Å²) < 4.78 is 5.67. The van der Waals surface area contributed by atoms with E-state index >= 15 is 0 Å². The highest BCUT2D eigenvalue weighted by Crippen LogP contribution is 2.36. The van der Waals surface area contributed by atoms with E-state index < -0.39 is 0 Å². The Morgan fingerprint density at radius 1 is 1.38 bits per heavy atom. The van der Waals surface area contributed by atoms with Gasteiger partial charge in [0.25, 0.3) is 0 Å². The number of hydrogen-bond donors (Lipinski definition) is 2. The molecular weight excluding hydrogens is 284 g/mol. The van der Waals surface area contributed by atoms with Crippen LogP contribution in [0.15, 0.2) is 6.07 Å². The first kappa shape index (κ1) is 14.5. The van der Waals surface area contributed by atoms with Crippen molar-refractivity contribution in [2.75, 3.05) is 31.3 Å². The van der Waals surface area contributed by atoms with Gasteiger partial charge >= 0.3 is 0 Å². The zero-order valence-electron chi connectivity index (χ0n) is 12.8. The summed E-state index contributed by atoms with van der Waals surface area (Å²) in [5.74, 6) is 1.57. The third-order valence-electron chi connectivity index (χ3n) is 4.29. The van der Waals surface area contributed by atoms with Crippen molar-refractivity contribution in [1.29, 1.82) is 0 Å². The molecule has 1 fully saturated rings. The van der Waals surface area contributed by atoms with E-state index in [2.05, 4.69) is 33.6 Å². The fourth-order valence-corrected chi connectivity index (χ4v) is 3.63. The second kappa shape index (κ2) is 5.77. The summed E-state index contributed by atoms with van der Waals surface area (Å²) in [6.45, 7) is 2.97. The molecule has 1 saturated carbocycles. The smallest absolute Gasteiger partial charge is 0.225 e. The minimum Gasteiger partial charge on any atom is -0.376 e. The molecule has 0 amide bonds. The fraction of sp³-hybridized carbons (Fsp3) is 0.600. The molecule has 1 aliphatic rings. The maximum Gasteiger partial charge on any atom is 0.225 e. The molecule has 6 heteroatoms. The van der Waals surface area contributed by atoms with Crippen LogP contribution in [0.25, 0.3) is 10.2 Å². The van der Waals surface area contributed by atoms with Gasteiger partial charge in [-0.2, -0.15) is 4.98 Å². The summed E-state index contributed by atoms with van der Waals surface area (Å²) in [5.41, 5.74) is -0.0132. The van der Waals surface area contributed by atoms with Gasteiger partial charge in [0, 0.05) is 25.6 Å². The van der Waals surface area contributed by atoms with Gasteiger partial charge in [-0.05, 0) is 31.7 Å². The second-order valence-corrected chi connectivity index (χ2v) is 6.64. The third kappa shape index (κ3) is 2.70. The molecule has 2 aromatic heterocycles. The Labute approximate surface area is 129 Å². The molecular formula is C15H22N4OS. The number of anilines is 2. The summed E-state index contributed by atoms with van der Waals surface area (Å²) in [5, 5.41) is 7.64. The number of thiophene rings is 1. The van der Waals surface area contributed by atoms with Crippen LogP contribution < -0.4 is 10.6 Å². The number of rotatable bonds is 6. The lowest BCUT2D eigenvalue weighted by atomic mass is 9.80. The summed E-state index contributed by atoms with van der Waals surface area (Å²) in [6.07, 6.45) is 4.51. The van der Waals surface area contributed by atoms with Gasteiger partial charge in [0.05, 0.1) is 11.0 Å². The molecule has 0 atom stereocenters. The minimum absolute atomic E-state index is 0.0132. The number of aryl methyl sites for hydroxylation is 1. The van der Waals surface area contributed by atoms with Crippen LogP contribution in [0.3, 0.4) is 0 Å². The number of nitrogens with zero attached hydrogens (tertiary/aromatic N) is 2. The van der Waals surface area contributed by atoms with Crippen LogP contribution in [0.1, 0.15) is 31.1 Å². The predicted octanol–water partition coefficient (Wildman–Crippen LogP) is 3.28. The average Bonchev–Trinajstić information content (AvgIpc) is 2.89. The Morgan fingerprint density at radius 2 is 2.19 bits per heavy atom. The molecule has 0 bridgehead atoms. The molecule has 2 N–H and O–H groups in total. The Hall–Kier alpha value is -1.40. The van der Waals surface area contributed by atoms with E-state index in [0.29, 0.717) is 5.95 Å². The maximum atomic E-state index is 5.67. The van der Waals surface area contributed by atoms with Gasteiger partial charge in [0.2, 0.25) is 5.95 Å². The molecule has 5 nitrogen and oxygen atoms in total. The molecule has 0 spiro atoms. The predicted molar refractivity (Wildman–Crippen MR) is 88.4 cm³/mol. The number of hydrogen-bond acceptors (Lipinski definition) is 6. The van der Waals surface area contributed by atoms with Crippen molar-refractivity contribution in [2.24, 2.45) is 0 Å². The topological polar surface area (TPSA) is 59.1 Å². The van der Waals surface area contributed by atoms with E-state index in [9.17, 15) is 0 Å².